The van der Waals surface area contributed by atoms with Crippen molar-refractivity contribution in [3.63, 3.8) is 0 Å². The maximum absolute atomic E-state index is 14.2. The number of phenols is 1. The largest absolute Gasteiger partial charge is 0.507 e. The van der Waals surface area contributed by atoms with Crippen molar-refractivity contribution in [2.45, 2.75) is 63.9 Å². The smallest absolute Gasteiger partial charge is 0.269 e. The van der Waals surface area contributed by atoms with Crippen LogP contribution in [0.25, 0.3) is 0 Å². The van der Waals surface area contributed by atoms with E-state index >= 15 is 0 Å². The number of aromatic hydroxyl groups is 1. The number of non-ortho nitro benzene ring substituents is 1. The first-order chi connectivity index (χ1) is 20.0. The molecule has 5 rings (SSSR count). The third-order valence-corrected chi connectivity index (χ3v) is 10.8. The highest BCUT2D eigenvalue weighted by atomic mass is 16.6. The van der Waals surface area contributed by atoms with E-state index in [1.807, 2.05) is 0 Å². The first-order valence-corrected chi connectivity index (χ1v) is 14.2. The number of rotatable bonds is 5. The van der Waals surface area contributed by atoms with Crippen LogP contribution in [0.5, 0.6) is 5.75 Å². The van der Waals surface area contributed by atoms with E-state index in [4.69, 9.17) is 5.73 Å². The molecule has 2 saturated carbocycles. The van der Waals surface area contributed by atoms with Crippen LogP contribution in [-0.2, 0) is 16.0 Å². The zero-order valence-electron chi connectivity index (χ0n) is 24.2. The van der Waals surface area contributed by atoms with Crippen LogP contribution in [0.2, 0.25) is 0 Å². The van der Waals surface area contributed by atoms with Gasteiger partial charge < -0.3 is 31.3 Å². The fourth-order valence-corrected chi connectivity index (χ4v) is 8.91. The van der Waals surface area contributed by atoms with Crippen molar-refractivity contribution in [3.8, 4) is 5.75 Å². The zero-order chi connectivity index (χ0) is 32.0. The Kier molecular flexibility index (Phi) is 7.09. The van der Waals surface area contributed by atoms with Crippen molar-refractivity contribution < 1.29 is 44.8 Å². The first-order valence-electron chi connectivity index (χ1n) is 14.2. The number of phenolic OH excluding ortho intramolecular Hbond substituents is 1. The van der Waals surface area contributed by atoms with Crippen LogP contribution in [0, 0.1) is 44.6 Å². The molecule has 0 spiro atoms. The third kappa shape index (κ3) is 3.79. The molecule has 3 aliphatic rings. The summed E-state index contributed by atoms with van der Waals surface area (Å²) in [5.41, 5.74) is -0.655. The van der Waals surface area contributed by atoms with Crippen LogP contribution >= 0.6 is 0 Å². The SMILES string of the molecule is CC(C)[C@H]1C(O)[C@@H](C(N)=O)C(=O)[C@]2(O)C(O)[C@H]3C(=O)c4c(O)cccc4[C@@H](Cc4cccc([N+](=O)[O-])c4)[C@]3(C)[C@@H](O)[C@]12C. The van der Waals surface area contributed by atoms with Crippen molar-refractivity contribution in [2.24, 2.45) is 40.2 Å². The number of aliphatic hydroxyl groups is 4. The van der Waals surface area contributed by atoms with E-state index < -0.39 is 92.5 Å². The number of ketones is 2. The van der Waals surface area contributed by atoms with E-state index in [0.717, 1.165) is 0 Å². The van der Waals surface area contributed by atoms with Gasteiger partial charge in [-0.15, -0.1) is 0 Å². The van der Waals surface area contributed by atoms with Crippen molar-refractivity contribution in [1.29, 1.82) is 0 Å². The Balaban J connectivity index is 1.81. The molecule has 2 fully saturated rings. The molecular formula is C31H36N2O10. The van der Waals surface area contributed by atoms with Gasteiger partial charge >= 0.3 is 0 Å². The second-order valence-electron chi connectivity index (χ2n) is 13.0. The van der Waals surface area contributed by atoms with Crippen LogP contribution in [-0.4, -0.2) is 71.8 Å². The zero-order valence-corrected chi connectivity index (χ0v) is 24.2. The van der Waals surface area contributed by atoms with Gasteiger partial charge in [0, 0.05) is 23.0 Å². The Morgan fingerprint density at radius 1 is 1.09 bits per heavy atom. The molecule has 7 N–H and O–H groups in total. The van der Waals surface area contributed by atoms with E-state index in [1.165, 1.54) is 44.2 Å². The van der Waals surface area contributed by atoms with Gasteiger partial charge in [0.1, 0.15) is 17.8 Å². The number of nitro benzene ring substituents is 1. The number of hydrogen-bond acceptors (Lipinski definition) is 10. The summed E-state index contributed by atoms with van der Waals surface area (Å²) in [6.45, 7) is 6.23. The molecule has 0 radical (unpaired) electrons. The summed E-state index contributed by atoms with van der Waals surface area (Å²) in [6, 6.07) is 10.2. The summed E-state index contributed by atoms with van der Waals surface area (Å²) < 4.78 is 0. The Morgan fingerprint density at radius 2 is 1.72 bits per heavy atom. The number of Topliss-reactive ketones (excluding diaryl/α,β-unsaturated/α-hetero) is 2. The number of nitrogens with two attached hydrogens (primary N) is 1. The Morgan fingerprint density at radius 3 is 2.30 bits per heavy atom. The lowest BCUT2D eigenvalue weighted by Crippen LogP contribution is -2.83. The molecule has 12 heteroatoms. The fraction of sp³-hybridized carbons (Fsp3) is 0.516. The van der Waals surface area contributed by atoms with Crippen LogP contribution < -0.4 is 5.73 Å². The number of hydrogen-bond donors (Lipinski definition) is 6. The van der Waals surface area contributed by atoms with Crippen LogP contribution in [0.4, 0.5) is 5.69 Å². The molecule has 1 amide bonds. The molecule has 0 heterocycles. The third-order valence-electron chi connectivity index (χ3n) is 10.8. The molecule has 0 aromatic heterocycles. The summed E-state index contributed by atoms with van der Waals surface area (Å²) in [4.78, 5) is 51.5. The predicted molar refractivity (Wildman–Crippen MR) is 151 cm³/mol. The second kappa shape index (κ2) is 9.91. The van der Waals surface area contributed by atoms with Crippen molar-refractivity contribution in [3.05, 3.63) is 69.3 Å². The van der Waals surface area contributed by atoms with Gasteiger partial charge in [0.25, 0.3) is 5.69 Å². The molecule has 2 unspecified atom stereocenters. The summed E-state index contributed by atoms with van der Waals surface area (Å²) in [6.07, 6.45) is -5.67. The first kappa shape index (κ1) is 30.7. The number of fused-ring (bicyclic) bond motifs is 3. The van der Waals surface area contributed by atoms with Crippen molar-refractivity contribution >= 4 is 23.2 Å². The molecule has 12 nitrogen and oxygen atoms in total. The van der Waals surface area contributed by atoms with Crippen molar-refractivity contribution in [2.75, 3.05) is 0 Å². The minimum Gasteiger partial charge on any atom is -0.507 e. The number of aliphatic hydroxyl groups excluding tert-OH is 3. The molecule has 2 aromatic carbocycles. The quantitative estimate of drug-likeness (QED) is 0.165. The molecule has 2 aromatic rings. The van der Waals surface area contributed by atoms with E-state index in [0.29, 0.717) is 11.1 Å². The van der Waals surface area contributed by atoms with Gasteiger partial charge in [0.05, 0.1) is 28.6 Å². The molecule has 10 atom stereocenters. The summed E-state index contributed by atoms with van der Waals surface area (Å²) in [5.74, 6) is -9.98. The van der Waals surface area contributed by atoms with Crippen molar-refractivity contribution in [1.82, 2.24) is 0 Å². The monoisotopic (exact) mass is 596 g/mol. The number of amides is 1. The molecule has 0 aliphatic heterocycles. The average Bonchev–Trinajstić information content (AvgIpc) is 2.92. The number of carbonyl (C=O) groups excluding carboxylic acids is 3. The van der Waals surface area contributed by atoms with E-state index in [-0.39, 0.29) is 17.7 Å². The van der Waals surface area contributed by atoms with Gasteiger partial charge in [-0.05, 0) is 41.4 Å². The van der Waals surface area contributed by atoms with Crippen LogP contribution in [0.3, 0.4) is 0 Å². The highest BCUT2D eigenvalue weighted by Gasteiger charge is 2.80. The van der Waals surface area contributed by atoms with Gasteiger partial charge in [-0.3, -0.25) is 24.5 Å². The lowest BCUT2D eigenvalue weighted by Gasteiger charge is -2.69. The number of primary amides is 1. The van der Waals surface area contributed by atoms with Gasteiger partial charge in [-0.25, -0.2) is 0 Å². The molecule has 230 valence electrons. The average molecular weight is 597 g/mol. The highest BCUT2D eigenvalue weighted by Crippen LogP contribution is 2.68. The number of benzene rings is 2. The molecular weight excluding hydrogens is 560 g/mol. The Labute approximate surface area is 247 Å². The van der Waals surface area contributed by atoms with Gasteiger partial charge in [-0.1, -0.05) is 52.0 Å². The minimum absolute atomic E-state index is 0.00343. The number of nitrogens with zero attached hydrogens (tertiary/aromatic N) is 1. The lowest BCUT2D eigenvalue weighted by atomic mass is 9.36. The predicted octanol–water partition coefficient (Wildman–Crippen LogP) is 1.24. The summed E-state index contributed by atoms with van der Waals surface area (Å²) in [5, 5.41) is 70.6. The Hall–Kier alpha value is -3.71. The summed E-state index contributed by atoms with van der Waals surface area (Å²) in [7, 11) is 0. The van der Waals surface area contributed by atoms with Crippen LogP contribution in [0.1, 0.15) is 55.1 Å². The standard InChI is InChI=1S/C31H36N2O10/c1-13(2)21-24(36)20(27(32)39)25(37)31(41)26(38)22-23(35)19-16(9-6-10-18(19)34)17(29(22,3)28(40)30(21,31)4)12-14-7-5-8-15(11-14)33(42)43/h5-11,13,17,20-22,24,26,28,34,36,38,40-41H,12H2,1-4H3,(H2,32,39)/t17-,20-,21+,22-,24?,26?,28-,29+,30+,31+/m1/s1. The molecule has 3 aliphatic carbocycles. The molecule has 0 bridgehead atoms. The number of nitro groups is 1. The Bertz CT molecular complexity index is 1540. The maximum atomic E-state index is 14.2. The maximum Gasteiger partial charge on any atom is 0.269 e. The second-order valence-corrected chi connectivity index (χ2v) is 13.0. The fourth-order valence-electron chi connectivity index (χ4n) is 8.91. The highest BCUT2D eigenvalue weighted by molar-refractivity contribution is 6.09. The normalized spacial score (nSPS) is 38.7. The van der Waals surface area contributed by atoms with E-state index in [2.05, 4.69) is 0 Å². The minimum atomic E-state index is -2.90. The van der Waals surface area contributed by atoms with Gasteiger partial charge in [0.2, 0.25) is 5.91 Å². The van der Waals surface area contributed by atoms with Gasteiger partial charge in [0.15, 0.2) is 17.2 Å². The molecule has 0 saturated heterocycles. The van der Waals surface area contributed by atoms with E-state index in [1.54, 1.807) is 26.0 Å². The van der Waals surface area contributed by atoms with Crippen LogP contribution in [0.15, 0.2) is 42.5 Å². The van der Waals surface area contributed by atoms with Gasteiger partial charge in [-0.2, -0.15) is 0 Å². The lowest BCUT2D eigenvalue weighted by molar-refractivity contribution is -0.384. The topological polar surface area (TPSA) is 222 Å². The number of carbonyl (C=O) groups is 3. The molecule has 43 heavy (non-hydrogen) atoms. The summed E-state index contributed by atoms with van der Waals surface area (Å²) >= 11 is 0. The van der Waals surface area contributed by atoms with E-state index in [9.17, 15) is 50.0 Å².